The van der Waals surface area contributed by atoms with Crippen LogP contribution in [0.4, 0.5) is 0 Å². The monoisotopic (exact) mass is 424 g/mol. The normalized spacial score (nSPS) is 15.5. The third-order valence-electron chi connectivity index (χ3n) is 5.18. The number of nitrogens with zero attached hydrogens (tertiary/aromatic N) is 2. The molecule has 1 aromatic carbocycles. The number of rotatable bonds is 7. The van der Waals surface area contributed by atoms with Gasteiger partial charge in [0.2, 0.25) is 0 Å². The third kappa shape index (κ3) is 4.38. The van der Waals surface area contributed by atoms with Crippen molar-refractivity contribution < 1.29 is 23.9 Å². The van der Waals surface area contributed by atoms with E-state index in [-0.39, 0.29) is 18.5 Å². The number of carbonyl (C=O) groups excluding carboxylic acids is 2. The van der Waals surface area contributed by atoms with Gasteiger partial charge in [0.25, 0.3) is 5.91 Å². The highest BCUT2D eigenvalue weighted by Crippen LogP contribution is 2.43. The van der Waals surface area contributed by atoms with Gasteiger partial charge in [0.1, 0.15) is 11.3 Å². The number of ether oxygens (including phenoxy) is 2. The van der Waals surface area contributed by atoms with Gasteiger partial charge >= 0.3 is 5.97 Å². The van der Waals surface area contributed by atoms with Crippen molar-refractivity contribution in [3.05, 3.63) is 70.2 Å². The summed E-state index contributed by atoms with van der Waals surface area (Å²) in [5, 5.41) is 1.22. The molecule has 0 saturated heterocycles. The fraction of sp³-hybridized carbons (Fsp3) is 0.375. The van der Waals surface area contributed by atoms with Gasteiger partial charge < -0.3 is 9.47 Å². The molecule has 0 N–H and O–H groups in total. The zero-order valence-electron chi connectivity index (χ0n) is 18.8. The zero-order chi connectivity index (χ0) is 22.8. The molecular formula is C24H28N2O5. The Morgan fingerprint density at radius 3 is 2.42 bits per heavy atom. The van der Waals surface area contributed by atoms with E-state index in [1.165, 1.54) is 11.3 Å². The van der Waals surface area contributed by atoms with Crippen LogP contribution in [0.25, 0.3) is 5.57 Å². The van der Waals surface area contributed by atoms with Crippen LogP contribution in [0.2, 0.25) is 0 Å². The van der Waals surface area contributed by atoms with E-state index in [1.54, 1.807) is 32.2 Å². The number of carbonyl (C=O) groups is 2. The molecule has 2 aromatic rings. The first-order valence-electron chi connectivity index (χ1n) is 10.2. The molecule has 0 radical (unpaired) electrons. The van der Waals surface area contributed by atoms with Crippen LogP contribution in [-0.4, -0.2) is 40.9 Å². The van der Waals surface area contributed by atoms with Crippen molar-refractivity contribution >= 4 is 17.4 Å². The van der Waals surface area contributed by atoms with Crippen molar-refractivity contribution in [2.45, 2.75) is 47.1 Å². The molecule has 0 fully saturated rings. The van der Waals surface area contributed by atoms with Crippen molar-refractivity contribution in [3.63, 3.8) is 0 Å². The summed E-state index contributed by atoms with van der Waals surface area (Å²) >= 11 is 0. The lowest BCUT2D eigenvalue weighted by molar-refractivity contribution is -0.242. The highest BCUT2D eigenvalue weighted by molar-refractivity contribution is 6.23. The van der Waals surface area contributed by atoms with Crippen molar-refractivity contribution in [2.24, 2.45) is 0 Å². The van der Waals surface area contributed by atoms with Crippen molar-refractivity contribution in [3.8, 4) is 0 Å². The van der Waals surface area contributed by atoms with E-state index in [0.717, 1.165) is 22.3 Å². The molecule has 0 aliphatic carbocycles. The molecule has 0 bridgehead atoms. The number of pyridine rings is 1. The van der Waals surface area contributed by atoms with Crippen LogP contribution in [0.3, 0.4) is 0 Å². The molecule has 2 heterocycles. The maximum absolute atomic E-state index is 13.5. The van der Waals surface area contributed by atoms with Crippen LogP contribution in [0.5, 0.6) is 0 Å². The van der Waals surface area contributed by atoms with Gasteiger partial charge in [-0.15, -0.1) is 0 Å². The molecule has 1 amide bonds. The fourth-order valence-corrected chi connectivity index (χ4v) is 3.85. The third-order valence-corrected chi connectivity index (χ3v) is 5.18. The Morgan fingerprint density at radius 2 is 1.84 bits per heavy atom. The fourth-order valence-electron chi connectivity index (χ4n) is 3.85. The molecule has 1 aliphatic heterocycles. The lowest BCUT2D eigenvalue weighted by atomic mass is 9.91. The second-order valence-corrected chi connectivity index (χ2v) is 8.01. The number of amides is 1. The second kappa shape index (κ2) is 8.99. The van der Waals surface area contributed by atoms with Crippen LogP contribution in [0, 0.1) is 20.8 Å². The van der Waals surface area contributed by atoms with Gasteiger partial charge in [0, 0.05) is 19.0 Å². The first-order chi connectivity index (χ1) is 14.7. The summed E-state index contributed by atoms with van der Waals surface area (Å²) in [6, 6.07) is 7.27. The molecule has 0 unspecified atom stereocenters. The Morgan fingerprint density at radius 1 is 1.16 bits per heavy atom. The maximum atomic E-state index is 13.5. The molecule has 164 valence electrons. The Kier molecular flexibility index (Phi) is 6.57. The predicted molar refractivity (Wildman–Crippen MR) is 116 cm³/mol. The van der Waals surface area contributed by atoms with E-state index >= 15 is 0 Å². The van der Waals surface area contributed by atoms with Crippen LogP contribution in [0.15, 0.2) is 42.4 Å². The SMILES string of the molecule is CCOCON1C(=O)C(c2c(C)cc(C)cc2C)=C(OC(=O)c2cccnc2)C1(C)C. The Bertz CT molecular complexity index is 1000. The summed E-state index contributed by atoms with van der Waals surface area (Å²) < 4.78 is 11.1. The Labute approximate surface area is 182 Å². The Balaban J connectivity index is 2.13. The van der Waals surface area contributed by atoms with Crippen LogP contribution in [-0.2, 0) is 19.1 Å². The quantitative estimate of drug-likeness (QED) is 0.378. The van der Waals surface area contributed by atoms with Gasteiger partial charge in [-0.05, 0) is 70.4 Å². The molecule has 31 heavy (non-hydrogen) atoms. The van der Waals surface area contributed by atoms with Crippen molar-refractivity contribution in [2.75, 3.05) is 13.4 Å². The number of hydrogen-bond donors (Lipinski definition) is 0. The molecular weight excluding hydrogens is 396 g/mol. The van der Waals surface area contributed by atoms with E-state index in [0.29, 0.717) is 17.7 Å². The number of hydroxylamine groups is 2. The van der Waals surface area contributed by atoms with Gasteiger partial charge in [-0.1, -0.05) is 17.7 Å². The zero-order valence-corrected chi connectivity index (χ0v) is 18.8. The number of esters is 1. The molecule has 0 spiro atoms. The lowest BCUT2D eigenvalue weighted by Gasteiger charge is -2.31. The number of hydrogen-bond acceptors (Lipinski definition) is 6. The van der Waals surface area contributed by atoms with Gasteiger partial charge in [0.15, 0.2) is 6.79 Å². The molecule has 0 atom stereocenters. The standard InChI is InChI=1S/C24H28N2O5/c1-7-29-14-30-26-22(27)20(19-16(3)11-15(2)12-17(19)4)21(24(26,5)6)31-23(28)18-9-8-10-25-13-18/h8-13H,7,14H2,1-6H3. The Hall–Kier alpha value is -3.03. The second-order valence-electron chi connectivity index (χ2n) is 8.01. The average molecular weight is 424 g/mol. The van der Waals surface area contributed by atoms with Crippen LogP contribution < -0.4 is 0 Å². The predicted octanol–water partition coefficient (Wildman–Crippen LogP) is 4.12. The molecule has 7 nitrogen and oxygen atoms in total. The van der Waals surface area contributed by atoms with Gasteiger partial charge in [0.05, 0.1) is 11.1 Å². The summed E-state index contributed by atoms with van der Waals surface area (Å²) in [7, 11) is 0. The van der Waals surface area contributed by atoms with E-state index in [1.807, 2.05) is 39.8 Å². The summed E-state index contributed by atoms with van der Waals surface area (Å²) in [4.78, 5) is 36.0. The van der Waals surface area contributed by atoms with Crippen molar-refractivity contribution in [1.29, 1.82) is 0 Å². The summed E-state index contributed by atoms with van der Waals surface area (Å²) in [5.41, 5.74) is 3.22. The smallest absolute Gasteiger partial charge is 0.344 e. The van der Waals surface area contributed by atoms with Gasteiger partial charge in [-0.3, -0.25) is 9.78 Å². The van der Waals surface area contributed by atoms with Gasteiger partial charge in [-0.2, -0.15) is 0 Å². The van der Waals surface area contributed by atoms with E-state index in [2.05, 4.69) is 4.98 Å². The minimum Gasteiger partial charge on any atom is -0.424 e. The maximum Gasteiger partial charge on any atom is 0.344 e. The van der Waals surface area contributed by atoms with E-state index in [4.69, 9.17) is 14.3 Å². The number of aromatic nitrogens is 1. The molecule has 3 rings (SSSR count). The highest BCUT2D eigenvalue weighted by atomic mass is 16.8. The first kappa shape index (κ1) is 22.7. The minimum absolute atomic E-state index is 0.0886. The molecule has 0 saturated carbocycles. The lowest BCUT2D eigenvalue weighted by Crippen LogP contribution is -2.44. The molecule has 7 heteroatoms. The number of benzene rings is 1. The van der Waals surface area contributed by atoms with Crippen molar-refractivity contribution in [1.82, 2.24) is 10.0 Å². The van der Waals surface area contributed by atoms with E-state index < -0.39 is 11.5 Å². The largest absolute Gasteiger partial charge is 0.424 e. The highest BCUT2D eigenvalue weighted by Gasteiger charge is 2.50. The molecule has 1 aliphatic rings. The van der Waals surface area contributed by atoms with Gasteiger partial charge in [-0.25, -0.2) is 14.7 Å². The molecule has 1 aromatic heterocycles. The summed E-state index contributed by atoms with van der Waals surface area (Å²) in [6.45, 7) is 11.6. The average Bonchev–Trinajstić information content (AvgIpc) is 2.89. The van der Waals surface area contributed by atoms with Crippen LogP contribution >= 0.6 is 0 Å². The topological polar surface area (TPSA) is 78.0 Å². The minimum atomic E-state index is -1.04. The summed E-state index contributed by atoms with van der Waals surface area (Å²) in [6.07, 6.45) is 3.00. The van der Waals surface area contributed by atoms with Crippen LogP contribution in [0.1, 0.15) is 53.4 Å². The first-order valence-corrected chi connectivity index (χ1v) is 10.2. The number of aryl methyl sites for hydroxylation is 3. The van der Waals surface area contributed by atoms with E-state index in [9.17, 15) is 9.59 Å². The summed E-state index contributed by atoms with van der Waals surface area (Å²) in [5.74, 6) is -0.734.